The van der Waals surface area contributed by atoms with E-state index >= 15 is 0 Å². The Hall–Kier alpha value is -1.01. The first-order valence-corrected chi connectivity index (χ1v) is 15.9. The van der Waals surface area contributed by atoms with Crippen LogP contribution in [-0.4, -0.2) is 40.0 Å². The van der Waals surface area contributed by atoms with Gasteiger partial charge in [0.2, 0.25) is 5.91 Å². The summed E-state index contributed by atoms with van der Waals surface area (Å²) in [4.78, 5) is 20.5. The summed E-state index contributed by atoms with van der Waals surface area (Å²) in [7, 11) is 0. The van der Waals surface area contributed by atoms with Crippen molar-refractivity contribution in [1.29, 1.82) is 0 Å². The zero-order chi connectivity index (χ0) is 28.3. The van der Waals surface area contributed by atoms with Crippen LogP contribution >= 0.6 is 12.6 Å². The number of hydrogen-bond donors (Lipinski definition) is 4. The molecule has 38 heavy (non-hydrogen) atoms. The van der Waals surface area contributed by atoms with Crippen LogP contribution in [0.15, 0.2) is 11.6 Å². The molecule has 218 valence electrons. The highest BCUT2D eigenvalue weighted by atomic mass is 32.1. The Kier molecular flexibility index (Phi) is 10.9. The van der Waals surface area contributed by atoms with Crippen LogP contribution in [0.5, 0.6) is 0 Å². The molecule has 0 bridgehead atoms. The Morgan fingerprint density at radius 2 is 1.79 bits per heavy atom. The second-order valence-corrected chi connectivity index (χ2v) is 14.3. The van der Waals surface area contributed by atoms with E-state index in [4.69, 9.17) is 5.11 Å². The number of hydrogen-bond acceptors (Lipinski definition) is 4. The van der Waals surface area contributed by atoms with E-state index in [0.29, 0.717) is 10.8 Å². The van der Waals surface area contributed by atoms with Gasteiger partial charge < -0.3 is 15.5 Å². The number of aliphatic carboxylic acids is 1. The monoisotopic (exact) mass is 549 g/mol. The van der Waals surface area contributed by atoms with Gasteiger partial charge in [-0.1, -0.05) is 65.5 Å². The summed E-state index contributed by atoms with van der Waals surface area (Å²) in [5, 5.41) is 20.8. The highest BCUT2D eigenvalue weighted by Gasteiger charge is 2.59. The molecule has 6 heteroatoms. The molecule has 0 aliphatic heterocycles. The summed E-state index contributed by atoms with van der Waals surface area (Å²) in [6.07, 6.45) is 17.2. The Balaban J connectivity index is 0.000000342. The number of carbonyl (C=O) groups excluding carboxylic acids is 1. The molecule has 3 N–H and O–H groups in total. The van der Waals surface area contributed by atoms with Gasteiger partial charge in [0.25, 0.3) is 0 Å². The van der Waals surface area contributed by atoms with Crippen LogP contribution in [-0.2, 0) is 9.59 Å². The van der Waals surface area contributed by atoms with Crippen LogP contribution in [0, 0.1) is 46.3 Å². The first kappa shape index (κ1) is 31.5. The molecule has 2 unspecified atom stereocenters. The molecular weight excluding hydrogens is 494 g/mol. The normalized spacial score (nSPS) is 37.5. The van der Waals surface area contributed by atoms with Crippen molar-refractivity contribution in [2.75, 3.05) is 5.75 Å². The van der Waals surface area contributed by atoms with E-state index in [-0.39, 0.29) is 17.8 Å². The maximum Gasteiger partial charge on any atom is 0.327 e. The van der Waals surface area contributed by atoms with E-state index < -0.39 is 12.0 Å². The first-order valence-electron chi connectivity index (χ1n) is 15.3. The molecule has 0 aromatic heterocycles. The number of carboxylic acids is 1. The third-order valence-corrected chi connectivity index (χ3v) is 11.5. The second kappa shape index (κ2) is 13.1. The van der Waals surface area contributed by atoms with Crippen LogP contribution in [0.3, 0.4) is 0 Å². The molecule has 3 fully saturated rings. The molecular formula is C32H55NO4S. The first-order chi connectivity index (χ1) is 17.8. The minimum atomic E-state index is -1.06. The lowest BCUT2D eigenvalue weighted by Gasteiger charge is -2.58. The molecule has 5 nitrogen and oxygen atoms in total. The average Bonchev–Trinajstić information content (AvgIpc) is 3.20. The highest BCUT2D eigenvalue weighted by molar-refractivity contribution is 7.80. The van der Waals surface area contributed by atoms with Crippen molar-refractivity contribution in [1.82, 2.24) is 5.32 Å². The standard InChI is InChI=1S/C27H46O.C5H9NO3S/c1-18(2)7-6-8-19(3)23-11-12-24-22-10-9-20-17-21(28)13-15-26(20,4)25(22)14-16-27(23,24)5;1-3(7)6-4(2-10)5(8)9/h9,18-19,21-25,28H,6-8,10-17H2,1-5H3;4,10H,2H2,1H3,(H,6,7)(H,8,9)/t19?,21-,22-,23+,24-,25-,26-,27+;/m0./s1. The smallest absolute Gasteiger partial charge is 0.327 e. The molecule has 0 saturated heterocycles. The van der Waals surface area contributed by atoms with Crippen molar-refractivity contribution in [3.8, 4) is 0 Å². The van der Waals surface area contributed by atoms with Crippen molar-refractivity contribution < 1.29 is 19.8 Å². The zero-order valence-electron chi connectivity index (χ0n) is 24.8. The van der Waals surface area contributed by atoms with E-state index in [1.54, 1.807) is 5.57 Å². The van der Waals surface area contributed by atoms with Gasteiger partial charge in [-0.3, -0.25) is 4.79 Å². The number of carboxylic acid groups (broad SMARTS) is 1. The number of nitrogens with one attached hydrogen (secondary N) is 1. The Morgan fingerprint density at radius 3 is 2.37 bits per heavy atom. The van der Waals surface area contributed by atoms with Gasteiger partial charge in [-0.25, -0.2) is 4.79 Å². The molecule has 0 heterocycles. The summed E-state index contributed by atoms with van der Waals surface area (Å²) in [6, 6.07) is -0.874. The van der Waals surface area contributed by atoms with E-state index in [0.717, 1.165) is 48.3 Å². The maximum atomic E-state index is 10.3. The van der Waals surface area contributed by atoms with Crippen LogP contribution in [0.2, 0.25) is 0 Å². The minimum absolute atomic E-state index is 0.0766. The zero-order valence-corrected chi connectivity index (χ0v) is 25.7. The molecule has 3 saturated carbocycles. The van der Waals surface area contributed by atoms with Gasteiger partial charge in [0.15, 0.2) is 0 Å². The topological polar surface area (TPSA) is 86.6 Å². The predicted octanol–water partition coefficient (Wildman–Crippen LogP) is 6.89. The fourth-order valence-corrected chi connectivity index (χ4v) is 9.34. The SMILES string of the molecule is CC(=O)NC(CS)C(=O)O.CC(C)CCCC(C)[C@H]1CC[C@H]2[C@@H]3CC=C4C[C@@H](O)CC[C@]4(C)[C@H]3CC[C@]12C. The number of carbonyl (C=O) groups is 2. The van der Waals surface area contributed by atoms with E-state index in [1.807, 2.05) is 0 Å². The molecule has 0 aromatic rings. The van der Waals surface area contributed by atoms with Gasteiger partial charge in [0, 0.05) is 12.7 Å². The fraction of sp³-hybridized carbons (Fsp3) is 0.875. The van der Waals surface area contributed by atoms with Crippen molar-refractivity contribution >= 4 is 24.5 Å². The molecule has 1 amide bonds. The lowest BCUT2D eigenvalue weighted by Crippen LogP contribution is -2.50. The summed E-state index contributed by atoms with van der Waals surface area (Å²) in [6.45, 7) is 13.8. The van der Waals surface area contributed by atoms with Gasteiger partial charge in [-0.05, 0) is 97.7 Å². The van der Waals surface area contributed by atoms with Gasteiger partial charge in [-0.15, -0.1) is 0 Å². The number of aliphatic hydroxyl groups is 1. The molecule has 4 aliphatic carbocycles. The minimum Gasteiger partial charge on any atom is -0.480 e. The Bertz CT molecular complexity index is 858. The van der Waals surface area contributed by atoms with E-state index in [9.17, 15) is 14.7 Å². The maximum absolute atomic E-state index is 10.3. The van der Waals surface area contributed by atoms with Crippen LogP contribution in [0.1, 0.15) is 112 Å². The van der Waals surface area contributed by atoms with Crippen molar-refractivity contribution in [2.24, 2.45) is 46.3 Å². The average molecular weight is 550 g/mol. The summed E-state index contributed by atoms with van der Waals surface area (Å²) in [5.74, 6) is 4.14. The quantitative estimate of drug-likeness (QED) is 0.196. The van der Waals surface area contributed by atoms with Crippen molar-refractivity contribution in [3.05, 3.63) is 11.6 Å². The van der Waals surface area contributed by atoms with Gasteiger partial charge in [0.05, 0.1) is 6.10 Å². The molecule has 9 atom stereocenters. The largest absolute Gasteiger partial charge is 0.480 e. The Morgan fingerprint density at radius 1 is 1.08 bits per heavy atom. The van der Waals surface area contributed by atoms with Gasteiger partial charge in [0.1, 0.15) is 6.04 Å². The lowest BCUT2D eigenvalue weighted by atomic mass is 9.47. The third-order valence-electron chi connectivity index (χ3n) is 11.1. The molecule has 4 aliphatic rings. The molecule has 0 aromatic carbocycles. The highest BCUT2D eigenvalue weighted by Crippen LogP contribution is 2.67. The summed E-state index contributed by atoms with van der Waals surface area (Å²) >= 11 is 3.73. The Labute approximate surface area is 237 Å². The van der Waals surface area contributed by atoms with E-state index in [2.05, 4.69) is 58.6 Å². The molecule has 0 spiro atoms. The van der Waals surface area contributed by atoms with Crippen molar-refractivity contribution in [3.63, 3.8) is 0 Å². The van der Waals surface area contributed by atoms with Crippen LogP contribution in [0.25, 0.3) is 0 Å². The number of thiol groups is 1. The number of amides is 1. The fourth-order valence-electron chi connectivity index (χ4n) is 9.10. The van der Waals surface area contributed by atoms with E-state index in [1.165, 1.54) is 64.7 Å². The second-order valence-electron chi connectivity index (χ2n) is 14.0. The summed E-state index contributed by atoms with van der Waals surface area (Å²) < 4.78 is 0. The van der Waals surface area contributed by atoms with Crippen LogP contribution in [0.4, 0.5) is 0 Å². The van der Waals surface area contributed by atoms with Gasteiger partial charge >= 0.3 is 5.97 Å². The van der Waals surface area contributed by atoms with Gasteiger partial charge in [-0.2, -0.15) is 12.6 Å². The number of aliphatic hydroxyl groups excluding tert-OH is 1. The number of rotatable bonds is 8. The lowest BCUT2D eigenvalue weighted by molar-refractivity contribution is -0.140. The molecule has 4 rings (SSSR count). The third kappa shape index (κ3) is 6.82. The molecule has 0 radical (unpaired) electrons. The van der Waals surface area contributed by atoms with Crippen LogP contribution < -0.4 is 5.32 Å². The predicted molar refractivity (Wildman–Crippen MR) is 158 cm³/mol. The van der Waals surface area contributed by atoms with Crippen molar-refractivity contribution in [2.45, 2.75) is 124 Å². The summed E-state index contributed by atoms with van der Waals surface area (Å²) in [5.41, 5.74) is 2.60. The number of fused-ring (bicyclic) bond motifs is 5. The number of allylic oxidation sites excluding steroid dienone is 1.